The maximum Gasteiger partial charge on any atom is 0.296 e. The molecule has 0 aliphatic carbocycles. The minimum Gasteiger partial charge on any atom is -0.507 e. The van der Waals surface area contributed by atoms with Crippen molar-refractivity contribution in [3.63, 3.8) is 0 Å². The lowest BCUT2D eigenvalue weighted by molar-refractivity contribution is -0.143. The molecule has 0 bridgehead atoms. The number of amides is 2. The minimum absolute atomic E-state index is 0.124. The number of fused-ring (bicyclic) bond motifs is 2. The van der Waals surface area contributed by atoms with Crippen molar-refractivity contribution in [2.75, 3.05) is 38.3 Å². The largest absolute Gasteiger partial charge is 0.507 e. The molecule has 1 saturated heterocycles. The Labute approximate surface area is 211 Å². The third-order valence-electron chi connectivity index (χ3n) is 6.59. The van der Waals surface area contributed by atoms with Crippen LogP contribution >= 0.6 is 0 Å². The van der Waals surface area contributed by atoms with Gasteiger partial charge in [0.2, 0.25) is 0 Å². The molecule has 1 N–H and O–H groups in total. The molecule has 2 aromatic rings. The van der Waals surface area contributed by atoms with Gasteiger partial charge in [-0.05, 0) is 49.6 Å². The lowest BCUT2D eigenvalue weighted by atomic mass is 9.82. The van der Waals surface area contributed by atoms with Gasteiger partial charge in [-0.2, -0.15) is 0 Å². The summed E-state index contributed by atoms with van der Waals surface area (Å²) in [5.41, 5.74) is -0.466. The van der Waals surface area contributed by atoms with Crippen LogP contribution in [0, 0.1) is 0 Å². The molecule has 36 heavy (non-hydrogen) atoms. The number of ketones is 1. The molecule has 2 amide bonds. The second-order valence-corrected chi connectivity index (χ2v) is 8.91. The number of carbonyl (C=O) groups excluding carboxylic acids is 3. The first kappa shape index (κ1) is 25.4. The summed E-state index contributed by atoms with van der Waals surface area (Å²) in [6.07, 6.45) is 1.97. The molecule has 8 nitrogen and oxygen atoms in total. The highest BCUT2D eigenvalue weighted by atomic mass is 16.5. The van der Waals surface area contributed by atoms with Crippen molar-refractivity contribution in [1.82, 2.24) is 4.90 Å². The fourth-order valence-electron chi connectivity index (χ4n) is 5.05. The first-order valence-electron chi connectivity index (χ1n) is 12.4. The van der Waals surface area contributed by atoms with E-state index in [1.807, 2.05) is 26.0 Å². The van der Waals surface area contributed by atoms with Gasteiger partial charge in [0.05, 0.1) is 17.9 Å². The van der Waals surface area contributed by atoms with Crippen molar-refractivity contribution in [1.29, 1.82) is 0 Å². The van der Waals surface area contributed by atoms with Gasteiger partial charge in [-0.1, -0.05) is 32.0 Å². The molecule has 0 aromatic heterocycles. The van der Waals surface area contributed by atoms with Gasteiger partial charge in [0.25, 0.3) is 17.6 Å². The number of carbonyl (C=O) groups is 3. The van der Waals surface area contributed by atoms with Crippen LogP contribution in [0.4, 0.5) is 5.69 Å². The van der Waals surface area contributed by atoms with E-state index in [2.05, 4.69) is 0 Å². The number of benzene rings is 2. The molecule has 2 aliphatic rings. The van der Waals surface area contributed by atoms with Crippen molar-refractivity contribution in [3.8, 4) is 5.75 Å². The van der Waals surface area contributed by atoms with Gasteiger partial charge in [-0.3, -0.25) is 14.4 Å². The number of hydrogen-bond donors (Lipinski definition) is 1. The van der Waals surface area contributed by atoms with Crippen molar-refractivity contribution in [3.05, 3.63) is 65.2 Å². The zero-order valence-electron chi connectivity index (χ0n) is 21.0. The van der Waals surface area contributed by atoms with Gasteiger partial charge in [0.1, 0.15) is 11.5 Å². The monoisotopic (exact) mass is 492 g/mol. The maximum atomic E-state index is 14.2. The maximum absolute atomic E-state index is 14.2. The summed E-state index contributed by atoms with van der Waals surface area (Å²) < 4.78 is 10.8. The molecule has 2 heterocycles. The van der Waals surface area contributed by atoms with Crippen LogP contribution in [0.25, 0.3) is 5.76 Å². The van der Waals surface area contributed by atoms with Crippen molar-refractivity contribution >= 4 is 29.0 Å². The van der Waals surface area contributed by atoms with Gasteiger partial charge in [-0.15, -0.1) is 0 Å². The Kier molecular flexibility index (Phi) is 7.45. The van der Waals surface area contributed by atoms with Crippen molar-refractivity contribution in [2.45, 2.75) is 38.6 Å². The van der Waals surface area contributed by atoms with Gasteiger partial charge >= 0.3 is 0 Å². The predicted octanol–water partition coefficient (Wildman–Crippen LogP) is 3.84. The van der Waals surface area contributed by atoms with Crippen molar-refractivity contribution in [2.24, 2.45) is 0 Å². The molecule has 2 aromatic carbocycles. The van der Waals surface area contributed by atoms with Gasteiger partial charge in [-0.25, -0.2) is 0 Å². The first-order valence-corrected chi connectivity index (χ1v) is 12.4. The Hall–Kier alpha value is -3.65. The van der Waals surface area contributed by atoms with E-state index in [1.165, 1.54) is 4.90 Å². The predicted molar refractivity (Wildman–Crippen MR) is 136 cm³/mol. The van der Waals surface area contributed by atoms with Crippen LogP contribution in [0.3, 0.4) is 0 Å². The van der Waals surface area contributed by atoms with E-state index >= 15 is 0 Å². The Morgan fingerprint density at radius 1 is 0.944 bits per heavy atom. The molecule has 8 heteroatoms. The van der Waals surface area contributed by atoms with E-state index in [1.54, 1.807) is 48.4 Å². The fourth-order valence-corrected chi connectivity index (χ4v) is 5.05. The topological polar surface area (TPSA) is 96.4 Å². The summed E-state index contributed by atoms with van der Waals surface area (Å²) in [5.74, 6) is -1.85. The average Bonchev–Trinajstić information content (AvgIpc) is 3.27. The summed E-state index contributed by atoms with van der Waals surface area (Å²) in [7, 11) is 1.55. The number of hydrogen-bond acceptors (Lipinski definition) is 6. The summed E-state index contributed by atoms with van der Waals surface area (Å²) in [4.78, 5) is 44.1. The van der Waals surface area contributed by atoms with Gasteiger partial charge in [0.15, 0.2) is 5.54 Å². The summed E-state index contributed by atoms with van der Waals surface area (Å²) in [5, 5.41) is 11.5. The molecular formula is C28H32N2O6. The highest BCUT2D eigenvalue weighted by Gasteiger charge is 2.66. The molecule has 1 fully saturated rings. The minimum atomic E-state index is -1.74. The molecule has 0 unspecified atom stereocenters. The number of ether oxygens (including phenoxy) is 2. The molecule has 0 radical (unpaired) electrons. The van der Waals surface area contributed by atoms with E-state index in [0.717, 1.165) is 6.42 Å². The normalized spacial score (nSPS) is 20.5. The van der Waals surface area contributed by atoms with Crippen LogP contribution in [-0.4, -0.2) is 61.0 Å². The van der Waals surface area contributed by atoms with E-state index in [0.29, 0.717) is 55.2 Å². The van der Waals surface area contributed by atoms with E-state index < -0.39 is 23.1 Å². The number of likely N-dealkylation sites (tertiary alicyclic amines) is 1. The molecular weight excluding hydrogens is 460 g/mol. The molecule has 0 saturated carbocycles. The Morgan fingerprint density at radius 3 is 2.33 bits per heavy atom. The van der Waals surface area contributed by atoms with Crippen LogP contribution in [0.1, 0.15) is 44.2 Å². The highest BCUT2D eigenvalue weighted by Crippen LogP contribution is 2.53. The number of aliphatic hydroxyl groups excluding tert-OH is 1. The third kappa shape index (κ3) is 3.95. The summed E-state index contributed by atoms with van der Waals surface area (Å²) >= 11 is 0. The Morgan fingerprint density at radius 2 is 1.67 bits per heavy atom. The summed E-state index contributed by atoms with van der Waals surface area (Å²) in [6.45, 7) is 5.41. The lowest BCUT2D eigenvalue weighted by Crippen LogP contribution is -2.52. The second kappa shape index (κ2) is 10.5. The van der Waals surface area contributed by atoms with E-state index in [4.69, 9.17) is 9.47 Å². The first-order chi connectivity index (χ1) is 17.4. The fraction of sp³-hybridized carbons (Fsp3) is 0.393. The third-order valence-corrected chi connectivity index (χ3v) is 6.59. The van der Waals surface area contributed by atoms with Crippen molar-refractivity contribution < 1.29 is 29.0 Å². The second-order valence-electron chi connectivity index (χ2n) is 8.91. The van der Waals surface area contributed by atoms with Gasteiger partial charge < -0.3 is 24.4 Å². The molecule has 1 atom stereocenters. The van der Waals surface area contributed by atoms with Crippen LogP contribution < -0.4 is 9.64 Å². The number of nitrogens with zero attached hydrogens (tertiary/aromatic N) is 2. The number of anilines is 1. The number of methoxy groups -OCH3 is 1. The van der Waals surface area contributed by atoms with E-state index in [9.17, 15) is 19.5 Å². The number of aliphatic hydroxyl groups is 1. The van der Waals surface area contributed by atoms with Crippen LogP contribution in [0.5, 0.6) is 5.75 Å². The average molecular weight is 493 g/mol. The van der Waals surface area contributed by atoms with E-state index in [-0.39, 0.29) is 17.9 Å². The van der Waals surface area contributed by atoms with Crippen LogP contribution in [-0.2, 0) is 24.7 Å². The number of rotatable bonds is 10. The summed E-state index contributed by atoms with van der Waals surface area (Å²) in [6, 6.07) is 13.8. The zero-order chi connectivity index (χ0) is 25.9. The molecule has 4 rings (SSSR count). The highest BCUT2D eigenvalue weighted by molar-refractivity contribution is 6.50. The standard InChI is InChI=1S/C28H32N2O6/c1-4-15-29-22-10-7-6-9-21(22)28(27(29)34)23(25(32)26(33)30(28)16-8-18-35-3)24(31)19-11-13-20(14-12-19)36-17-5-2/h6-7,9-14,31H,4-5,8,15-18H2,1-3H3/t28-/m1/s1. The smallest absolute Gasteiger partial charge is 0.296 e. The Bertz CT molecular complexity index is 1190. The lowest BCUT2D eigenvalue weighted by Gasteiger charge is -2.34. The van der Waals surface area contributed by atoms with Crippen LogP contribution in [0.2, 0.25) is 0 Å². The number of Topliss-reactive ketones (excluding diaryl/α,β-unsaturated/α-hetero) is 1. The molecule has 1 spiro atoms. The zero-order valence-corrected chi connectivity index (χ0v) is 21.0. The van der Waals surface area contributed by atoms with Crippen LogP contribution in [0.15, 0.2) is 54.1 Å². The molecule has 190 valence electrons. The van der Waals surface area contributed by atoms with Gasteiger partial charge in [0, 0.05) is 37.9 Å². The Balaban J connectivity index is 1.93. The number of para-hydroxylation sites is 1. The SMILES string of the molecule is CCCOc1ccc(C(O)=C2C(=O)C(=O)N(CCCOC)[C@@]23C(=O)N(CCC)c2ccccc23)cc1. The quantitative estimate of drug-likeness (QED) is 0.234. The molecule has 2 aliphatic heterocycles.